The third kappa shape index (κ3) is 3.10. The molecule has 2 aromatic rings. The van der Waals surface area contributed by atoms with Crippen LogP contribution in [-0.2, 0) is 13.0 Å². The second kappa shape index (κ2) is 5.88. The van der Waals surface area contributed by atoms with Gasteiger partial charge in [0.1, 0.15) is 0 Å². The summed E-state index contributed by atoms with van der Waals surface area (Å²) in [7, 11) is 0. The van der Waals surface area contributed by atoms with Gasteiger partial charge in [0, 0.05) is 18.8 Å². The monoisotopic (exact) mass is 251 g/mol. The highest BCUT2D eigenvalue weighted by molar-refractivity contribution is 7.05. The number of nitrogens with one attached hydrogen (secondary N) is 1. The molecule has 2 heterocycles. The van der Waals surface area contributed by atoms with Crippen LogP contribution in [0.3, 0.4) is 0 Å². The average molecular weight is 251 g/mol. The second-order valence-electron chi connectivity index (χ2n) is 3.84. The first-order valence-corrected chi connectivity index (χ1v) is 6.62. The molecule has 0 aliphatic heterocycles. The van der Waals surface area contributed by atoms with Crippen LogP contribution in [0.5, 0.6) is 0 Å². The molecule has 1 unspecified atom stereocenters. The fourth-order valence-electron chi connectivity index (χ4n) is 1.77. The van der Waals surface area contributed by atoms with Crippen LogP contribution in [0.15, 0.2) is 18.6 Å². The molecule has 2 aromatic heterocycles. The van der Waals surface area contributed by atoms with E-state index in [2.05, 4.69) is 40.0 Å². The van der Waals surface area contributed by atoms with E-state index in [1.165, 1.54) is 22.0 Å². The van der Waals surface area contributed by atoms with Crippen LogP contribution in [0.2, 0.25) is 0 Å². The first-order valence-electron chi connectivity index (χ1n) is 5.85. The van der Waals surface area contributed by atoms with Crippen LogP contribution >= 0.6 is 11.5 Å². The molecule has 6 heteroatoms. The first kappa shape index (κ1) is 12.2. The molecule has 0 fully saturated rings. The van der Waals surface area contributed by atoms with Crippen molar-refractivity contribution in [3.63, 3.8) is 0 Å². The Morgan fingerprint density at radius 2 is 2.29 bits per heavy atom. The van der Waals surface area contributed by atoms with Crippen LogP contribution in [0, 0.1) is 0 Å². The largest absolute Gasteiger partial charge is 0.309 e. The van der Waals surface area contributed by atoms with Gasteiger partial charge in [-0.2, -0.15) is 5.10 Å². The smallest absolute Gasteiger partial charge is 0.0669 e. The lowest BCUT2D eigenvalue weighted by Gasteiger charge is -2.13. The molecule has 2 rings (SSSR count). The lowest BCUT2D eigenvalue weighted by Crippen LogP contribution is -2.21. The Labute approximate surface area is 105 Å². The number of hydrogen-bond donors (Lipinski definition) is 1. The average Bonchev–Trinajstić information content (AvgIpc) is 2.99. The summed E-state index contributed by atoms with van der Waals surface area (Å²) in [6.45, 7) is 6.04. The zero-order valence-corrected chi connectivity index (χ0v) is 10.9. The summed E-state index contributed by atoms with van der Waals surface area (Å²) < 4.78 is 5.87. The van der Waals surface area contributed by atoms with Gasteiger partial charge in [0.05, 0.1) is 17.3 Å². The Hall–Kier alpha value is -1.27. The molecule has 0 aliphatic rings. The SMILES string of the molecule is CCNC(Cc1cnn(CC)c1)c1cnns1. The minimum Gasteiger partial charge on any atom is -0.309 e. The minimum absolute atomic E-state index is 0.287. The van der Waals surface area contributed by atoms with E-state index in [0.29, 0.717) is 0 Å². The molecule has 0 saturated carbocycles. The Bertz CT molecular complexity index is 436. The van der Waals surface area contributed by atoms with Gasteiger partial charge in [-0.15, -0.1) is 5.10 Å². The maximum absolute atomic E-state index is 4.29. The highest BCUT2D eigenvalue weighted by Crippen LogP contribution is 2.20. The standard InChI is InChI=1S/C11H17N5S/c1-3-12-10(11-7-13-15-17-11)5-9-6-14-16(4-2)8-9/h6-8,10,12H,3-5H2,1-2H3. The Balaban J connectivity index is 2.07. The molecule has 5 nitrogen and oxygen atoms in total. The predicted octanol–water partition coefficient (Wildman–Crippen LogP) is 1.65. The molecular weight excluding hydrogens is 234 g/mol. The van der Waals surface area contributed by atoms with Gasteiger partial charge in [0.2, 0.25) is 0 Å². The van der Waals surface area contributed by atoms with E-state index in [0.717, 1.165) is 19.5 Å². The van der Waals surface area contributed by atoms with Crippen LogP contribution < -0.4 is 5.32 Å². The van der Waals surface area contributed by atoms with Gasteiger partial charge in [-0.1, -0.05) is 11.4 Å². The highest BCUT2D eigenvalue weighted by Gasteiger charge is 2.14. The molecule has 0 spiro atoms. The van der Waals surface area contributed by atoms with Gasteiger partial charge in [-0.3, -0.25) is 4.68 Å². The van der Waals surface area contributed by atoms with E-state index in [9.17, 15) is 0 Å². The van der Waals surface area contributed by atoms with Gasteiger partial charge in [0.15, 0.2) is 0 Å². The number of likely N-dealkylation sites (N-methyl/N-ethyl adjacent to an activating group) is 1. The van der Waals surface area contributed by atoms with Crippen molar-refractivity contribution in [3.8, 4) is 0 Å². The topological polar surface area (TPSA) is 55.6 Å². The summed E-state index contributed by atoms with van der Waals surface area (Å²) in [4.78, 5) is 1.18. The molecule has 0 saturated heterocycles. The number of aromatic nitrogens is 4. The number of nitrogens with zero attached hydrogens (tertiary/aromatic N) is 4. The molecule has 0 aromatic carbocycles. The number of rotatable bonds is 6. The second-order valence-corrected chi connectivity index (χ2v) is 4.66. The van der Waals surface area contributed by atoms with E-state index in [-0.39, 0.29) is 6.04 Å². The fraction of sp³-hybridized carbons (Fsp3) is 0.545. The summed E-state index contributed by atoms with van der Waals surface area (Å²) in [5, 5.41) is 11.6. The van der Waals surface area contributed by atoms with E-state index in [1.54, 1.807) is 0 Å². The summed E-state index contributed by atoms with van der Waals surface area (Å²) in [5.41, 5.74) is 1.24. The normalized spacial score (nSPS) is 12.8. The minimum atomic E-state index is 0.287. The maximum Gasteiger partial charge on any atom is 0.0669 e. The predicted molar refractivity (Wildman–Crippen MR) is 67.9 cm³/mol. The van der Waals surface area contributed by atoms with Crippen LogP contribution in [0.25, 0.3) is 0 Å². The molecule has 17 heavy (non-hydrogen) atoms. The lowest BCUT2D eigenvalue weighted by atomic mass is 10.1. The lowest BCUT2D eigenvalue weighted by molar-refractivity contribution is 0.556. The van der Waals surface area contributed by atoms with Crippen molar-refractivity contribution in [2.75, 3.05) is 6.54 Å². The van der Waals surface area contributed by atoms with Gasteiger partial charge in [-0.05, 0) is 37.0 Å². The molecule has 1 N–H and O–H groups in total. The van der Waals surface area contributed by atoms with Crippen molar-refractivity contribution in [1.82, 2.24) is 24.7 Å². The van der Waals surface area contributed by atoms with Crippen molar-refractivity contribution < 1.29 is 0 Å². The molecule has 0 bridgehead atoms. The Morgan fingerprint density at radius 3 is 2.88 bits per heavy atom. The molecule has 0 aliphatic carbocycles. The summed E-state index contributed by atoms with van der Waals surface area (Å²) in [5.74, 6) is 0. The van der Waals surface area contributed by atoms with E-state index in [1.807, 2.05) is 17.1 Å². The third-order valence-electron chi connectivity index (χ3n) is 2.62. The number of aryl methyl sites for hydroxylation is 1. The number of hydrogen-bond acceptors (Lipinski definition) is 5. The molecule has 92 valence electrons. The van der Waals surface area contributed by atoms with Crippen molar-refractivity contribution in [3.05, 3.63) is 29.0 Å². The van der Waals surface area contributed by atoms with Crippen molar-refractivity contribution >= 4 is 11.5 Å². The molecule has 1 atom stereocenters. The van der Waals surface area contributed by atoms with Crippen molar-refractivity contribution in [2.24, 2.45) is 0 Å². The van der Waals surface area contributed by atoms with E-state index < -0.39 is 0 Å². The third-order valence-corrected chi connectivity index (χ3v) is 3.40. The molecule has 0 radical (unpaired) electrons. The first-order chi connectivity index (χ1) is 8.33. The zero-order chi connectivity index (χ0) is 12.1. The highest BCUT2D eigenvalue weighted by atomic mass is 32.1. The van der Waals surface area contributed by atoms with Gasteiger partial charge >= 0.3 is 0 Å². The Kier molecular flexibility index (Phi) is 4.22. The van der Waals surface area contributed by atoms with Gasteiger partial charge < -0.3 is 5.32 Å². The quantitative estimate of drug-likeness (QED) is 0.848. The molecule has 0 amide bonds. The summed E-state index contributed by atoms with van der Waals surface area (Å²) >= 11 is 1.45. The maximum atomic E-state index is 4.29. The van der Waals surface area contributed by atoms with Crippen LogP contribution in [0.1, 0.15) is 30.3 Å². The van der Waals surface area contributed by atoms with Gasteiger partial charge in [0.25, 0.3) is 0 Å². The van der Waals surface area contributed by atoms with Crippen LogP contribution in [0.4, 0.5) is 0 Å². The molecular formula is C11H17N5S. The van der Waals surface area contributed by atoms with Crippen molar-refractivity contribution in [2.45, 2.75) is 32.9 Å². The summed E-state index contributed by atoms with van der Waals surface area (Å²) in [6, 6.07) is 0.287. The van der Waals surface area contributed by atoms with Crippen molar-refractivity contribution in [1.29, 1.82) is 0 Å². The fourth-order valence-corrected chi connectivity index (χ4v) is 2.35. The van der Waals surface area contributed by atoms with Crippen LogP contribution in [-0.4, -0.2) is 25.9 Å². The Morgan fingerprint density at radius 1 is 1.41 bits per heavy atom. The van der Waals surface area contributed by atoms with E-state index >= 15 is 0 Å². The van der Waals surface area contributed by atoms with E-state index in [4.69, 9.17) is 0 Å². The zero-order valence-electron chi connectivity index (χ0n) is 10.1. The van der Waals surface area contributed by atoms with Gasteiger partial charge in [-0.25, -0.2) is 0 Å². The summed E-state index contributed by atoms with van der Waals surface area (Å²) in [6.07, 6.45) is 6.79.